The number of nitrogens with zero attached hydrogens (tertiary/aromatic N) is 1. The molecule has 2 aromatic rings. The molecule has 0 saturated carbocycles. The highest BCUT2D eigenvalue weighted by molar-refractivity contribution is 7.09. The van der Waals surface area contributed by atoms with Gasteiger partial charge in [-0.3, -0.25) is 5.41 Å². The zero-order valence-corrected chi connectivity index (χ0v) is 13.0. The Morgan fingerprint density at radius 3 is 2.60 bits per heavy atom. The van der Waals surface area contributed by atoms with Gasteiger partial charge in [0, 0.05) is 16.5 Å². The molecule has 0 atom stereocenters. The number of benzene rings is 1. The molecule has 0 unspecified atom stereocenters. The van der Waals surface area contributed by atoms with Crippen LogP contribution in [0, 0.1) is 12.3 Å². The summed E-state index contributed by atoms with van der Waals surface area (Å²) in [4.78, 5) is 3.63. The minimum Gasteiger partial charge on any atom is -0.384 e. The number of anilines is 1. The number of aryl methyl sites for hydroxylation is 1. The molecule has 1 aromatic heterocycles. The van der Waals surface area contributed by atoms with Gasteiger partial charge in [0.1, 0.15) is 5.84 Å². The van der Waals surface area contributed by atoms with E-state index in [4.69, 9.17) is 11.1 Å². The van der Waals surface area contributed by atoms with Crippen LogP contribution in [0.25, 0.3) is 0 Å². The minimum atomic E-state index is 0.125. The third-order valence-electron chi connectivity index (χ3n) is 3.34. The summed E-state index contributed by atoms with van der Waals surface area (Å²) in [6.07, 6.45) is 0. The van der Waals surface area contributed by atoms with E-state index in [1.54, 1.807) is 11.3 Å². The monoisotopic (exact) mass is 287 g/mol. The number of rotatable bonds is 5. The van der Waals surface area contributed by atoms with Crippen LogP contribution in [0.15, 0.2) is 35.7 Å². The molecule has 0 aliphatic carbocycles. The number of hydrogen-bond acceptors (Lipinski definition) is 3. The molecule has 0 bridgehead atoms. The number of thiophene rings is 1. The molecule has 106 valence electrons. The van der Waals surface area contributed by atoms with E-state index in [0.29, 0.717) is 6.04 Å². The van der Waals surface area contributed by atoms with Gasteiger partial charge in [0.2, 0.25) is 0 Å². The number of hydrogen-bond donors (Lipinski definition) is 2. The summed E-state index contributed by atoms with van der Waals surface area (Å²) in [6, 6.07) is 10.5. The highest BCUT2D eigenvalue weighted by Gasteiger charge is 2.18. The zero-order chi connectivity index (χ0) is 14.7. The third kappa shape index (κ3) is 3.02. The van der Waals surface area contributed by atoms with Crippen LogP contribution in [0.4, 0.5) is 5.69 Å². The molecule has 2 rings (SSSR count). The maximum Gasteiger partial charge on any atom is 0.124 e. The maximum absolute atomic E-state index is 7.81. The van der Waals surface area contributed by atoms with Crippen LogP contribution in [-0.4, -0.2) is 11.9 Å². The molecule has 20 heavy (non-hydrogen) atoms. The summed E-state index contributed by atoms with van der Waals surface area (Å²) in [7, 11) is 0. The fourth-order valence-electron chi connectivity index (χ4n) is 2.35. The number of nitrogen functional groups attached to an aromatic ring is 1. The van der Waals surface area contributed by atoms with Gasteiger partial charge < -0.3 is 10.6 Å². The normalized spacial score (nSPS) is 10.8. The quantitative estimate of drug-likeness (QED) is 0.650. The molecule has 0 aliphatic rings. The third-order valence-corrected chi connectivity index (χ3v) is 4.21. The van der Waals surface area contributed by atoms with Crippen molar-refractivity contribution in [2.24, 2.45) is 5.73 Å². The van der Waals surface area contributed by atoms with E-state index in [1.807, 2.05) is 12.1 Å². The molecular weight excluding hydrogens is 266 g/mol. The SMILES string of the molecule is Cc1cccc(C(=N)N)c1N(Cc1cccs1)C(C)C. The lowest BCUT2D eigenvalue weighted by atomic mass is 10.0. The summed E-state index contributed by atoms with van der Waals surface area (Å²) in [5.74, 6) is 0.125. The van der Waals surface area contributed by atoms with Crippen molar-refractivity contribution in [3.8, 4) is 0 Å². The Labute approximate surface area is 124 Å². The lowest BCUT2D eigenvalue weighted by Crippen LogP contribution is -2.32. The molecule has 1 aromatic carbocycles. The summed E-state index contributed by atoms with van der Waals surface area (Å²) >= 11 is 1.76. The van der Waals surface area contributed by atoms with Gasteiger partial charge in [-0.15, -0.1) is 11.3 Å². The van der Waals surface area contributed by atoms with Gasteiger partial charge in [0.25, 0.3) is 0 Å². The van der Waals surface area contributed by atoms with Crippen molar-refractivity contribution in [3.05, 3.63) is 51.7 Å². The molecule has 4 heteroatoms. The van der Waals surface area contributed by atoms with Crippen molar-refractivity contribution in [1.82, 2.24) is 0 Å². The summed E-state index contributed by atoms with van der Waals surface area (Å²) in [6.45, 7) is 7.26. The topological polar surface area (TPSA) is 53.1 Å². The lowest BCUT2D eigenvalue weighted by molar-refractivity contribution is 0.684. The first-order valence-corrected chi connectivity index (χ1v) is 7.61. The zero-order valence-electron chi connectivity index (χ0n) is 12.2. The van der Waals surface area contributed by atoms with Crippen LogP contribution < -0.4 is 10.6 Å². The maximum atomic E-state index is 7.81. The number of nitrogens with one attached hydrogen (secondary N) is 1. The van der Waals surface area contributed by atoms with E-state index in [-0.39, 0.29) is 5.84 Å². The van der Waals surface area contributed by atoms with Gasteiger partial charge in [-0.1, -0.05) is 18.2 Å². The molecule has 3 N–H and O–H groups in total. The van der Waals surface area contributed by atoms with Gasteiger partial charge >= 0.3 is 0 Å². The number of para-hydroxylation sites is 1. The average Bonchev–Trinajstić information content (AvgIpc) is 2.88. The van der Waals surface area contributed by atoms with Gasteiger partial charge in [-0.2, -0.15) is 0 Å². The van der Waals surface area contributed by atoms with Crippen LogP contribution >= 0.6 is 11.3 Å². The Morgan fingerprint density at radius 1 is 1.30 bits per heavy atom. The fourth-order valence-corrected chi connectivity index (χ4v) is 3.05. The van der Waals surface area contributed by atoms with Crippen LogP contribution in [0.5, 0.6) is 0 Å². The highest BCUT2D eigenvalue weighted by atomic mass is 32.1. The standard InChI is InChI=1S/C16H21N3S/c1-11(2)19(10-13-7-5-9-20-13)15-12(3)6-4-8-14(15)16(17)18/h4-9,11H,10H2,1-3H3,(H3,17,18). The van der Waals surface area contributed by atoms with E-state index in [1.165, 1.54) is 4.88 Å². The van der Waals surface area contributed by atoms with Crippen molar-refractivity contribution in [2.75, 3.05) is 4.90 Å². The first kappa shape index (κ1) is 14.6. The molecule has 0 saturated heterocycles. The molecule has 0 radical (unpaired) electrons. The van der Waals surface area contributed by atoms with Gasteiger partial charge in [-0.05, 0) is 43.8 Å². The van der Waals surface area contributed by atoms with Crippen LogP contribution in [0.1, 0.15) is 29.9 Å². The average molecular weight is 287 g/mol. The molecule has 0 spiro atoms. The second kappa shape index (κ2) is 6.09. The second-order valence-electron chi connectivity index (χ2n) is 5.19. The van der Waals surface area contributed by atoms with Crippen LogP contribution in [0.2, 0.25) is 0 Å². The molecule has 1 heterocycles. The van der Waals surface area contributed by atoms with Crippen LogP contribution in [0.3, 0.4) is 0 Å². The van der Waals surface area contributed by atoms with Crippen molar-refractivity contribution >= 4 is 22.9 Å². The van der Waals surface area contributed by atoms with Gasteiger partial charge in [0.05, 0.1) is 12.2 Å². The molecule has 0 aliphatic heterocycles. The Morgan fingerprint density at radius 2 is 2.05 bits per heavy atom. The van der Waals surface area contributed by atoms with Crippen molar-refractivity contribution < 1.29 is 0 Å². The van der Waals surface area contributed by atoms with Gasteiger partial charge in [-0.25, -0.2) is 0 Å². The first-order chi connectivity index (χ1) is 9.50. The van der Waals surface area contributed by atoms with Gasteiger partial charge in [0.15, 0.2) is 0 Å². The predicted octanol–water partition coefficient (Wildman–Crippen LogP) is 3.76. The van der Waals surface area contributed by atoms with Crippen LogP contribution in [-0.2, 0) is 6.54 Å². The second-order valence-corrected chi connectivity index (χ2v) is 6.22. The van der Waals surface area contributed by atoms with E-state index in [2.05, 4.69) is 49.3 Å². The number of amidine groups is 1. The summed E-state index contributed by atoms with van der Waals surface area (Å²) in [5, 5.41) is 9.91. The van der Waals surface area contributed by atoms with E-state index in [9.17, 15) is 0 Å². The largest absolute Gasteiger partial charge is 0.384 e. The Kier molecular flexibility index (Phi) is 4.45. The summed E-state index contributed by atoms with van der Waals surface area (Å²) in [5.41, 5.74) is 8.80. The lowest BCUT2D eigenvalue weighted by Gasteiger charge is -2.32. The molecule has 0 amide bonds. The van der Waals surface area contributed by atoms with E-state index >= 15 is 0 Å². The minimum absolute atomic E-state index is 0.125. The predicted molar refractivity (Wildman–Crippen MR) is 87.8 cm³/mol. The molecule has 3 nitrogen and oxygen atoms in total. The summed E-state index contributed by atoms with van der Waals surface area (Å²) < 4.78 is 0. The van der Waals surface area contributed by atoms with E-state index < -0.39 is 0 Å². The van der Waals surface area contributed by atoms with Crippen molar-refractivity contribution in [3.63, 3.8) is 0 Å². The van der Waals surface area contributed by atoms with Crippen molar-refractivity contribution in [2.45, 2.75) is 33.4 Å². The number of nitrogens with two attached hydrogens (primary N) is 1. The molecule has 0 fully saturated rings. The Bertz CT molecular complexity index is 588. The smallest absolute Gasteiger partial charge is 0.124 e. The fraction of sp³-hybridized carbons (Fsp3) is 0.312. The van der Waals surface area contributed by atoms with E-state index in [0.717, 1.165) is 23.4 Å². The first-order valence-electron chi connectivity index (χ1n) is 6.73. The molecular formula is C16H21N3S. The Hall–Kier alpha value is -1.81. The highest BCUT2D eigenvalue weighted by Crippen LogP contribution is 2.29. The van der Waals surface area contributed by atoms with Crippen molar-refractivity contribution in [1.29, 1.82) is 5.41 Å². The Balaban J connectivity index is 2.46.